The molecule has 7 nitrogen and oxygen atoms in total. The molecule has 3 N–H and O–H groups in total. The minimum absolute atomic E-state index is 0.00356. The van der Waals surface area contributed by atoms with Crippen molar-refractivity contribution in [2.75, 3.05) is 6.61 Å². The van der Waals surface area contributed by atoms with Gasteiger partial charge in [0.25, 0.3) is 5.69 Å². The summed E-state index contributed by atoms with van der Waals surface area (Å²) in [6, 6.07) is 1.88. The Morgan fingerprint density at radius 2 is 2.05 bits per heavy atom. The van der Waals surface area contributed by atoms with Gasteiger partial charge in [-0.25, -0.2) is 0 Å². The third-order valence-corrected chi connectivity index (χ3v) is 3.51. The van der Waals surface area contributed by atoms with E-state index in [-0.39, 0.29) is 34.1 Å². The summed E-state index contributed by atoms with van der Waals surface area (Å²) in [7, 11) is 0. The maximum Gasteiger partial charge on any atom is 0.272 e. The number of nitrogens with one attached hydrogen (secondary N) is 1. The molecule has 1 aromatic rings. The van der Waals surface area contributed by atoms with Crippen molar-refractivity contribution in [3.8, 4) is 5.75 Å². The van der Waals surface area contributed by atoms with Gasteiger partial charge >= 0.3 is 0 Å². The summed E-state index contributed by atoms with van der Waals surface area (Å²) in [6.45, 7) is -0.0525. The molecule has 0 saturated heterocycles. The summed E-state index contributed by atoms with van der Waals surface area (Å²) < 4.78 is 5.40. The van der Waals surface area contributed by atoms with Gasteiger partial charge in [-0.1, -0.05) is 23.2 Å². The number of ether oxygens (including phenoxy) is 1. The lowest BCUT2D eigenvalue weighted by atomic mass is 10.2. The summed E-state index contributed by atoms with van der Waals surface area (Å²) in [6.07, 6.45) is 1.98. The van der Waals surface area contributed by atoms with Crippen LogP contribution in [-0.2, 0) is 4.79 Å². The summed E-state index contributed by atoms with van der Waals surface area (Å²) in [5, 5.41) is 13.7. The van der Waals surface area contributed by atoms with Crippen LogP contribution in [0.5, 0.6) is 5.75 Å². The molecule has 9 heteroatoms. The molecule has 1 saturated carbocycles. The Balaban J connectivity index is 2.07. The molecule has 0 aromatic heterocycles. The van der Waals surface area contributed by atoms with Crippen molar-refractivity contribution in [2.24, 2.45) is 5.73 Å². The van der Waals surface area contributed by atoms with E-state index in [0.717, 1.165) is 25.0 Å². The number of non-ortho nitro benzene ring substituents is 1. The molecule has 114 valence electrons. The second kappa shape index (κ2) is 6.46. The van der Waals surface area contributed by atoms with Crippen molar-refractivity contribution in [1.29, 1.82) is 0 Å². The summed E-state index contributed by atoms with van der Waals surface area (Å²) in [5.74, 6) is -0.455. The first-order valence-corrected chi connectivity index (χ1v) is 6.95. The predicted octanol–water partition coefficient (Wildman–Crippen LogP) is 1.89. The Morgan fingerprint density at radius 1 is 1.48 bits per heavy atom. The third-order valence-electron chi connectivity index (χ3n) is 2.95. The fourth-order valence-electron chi connectivity index (χ4n) is 1.70. The number of carbonyl (C=O) groups is 1. The zero-order valence-corrected chi connectivity index (χ0v) is 12.4. The van der Waals surface area contributed by atoms with E-state index in [0.29, 0.717) is 0 Å². The summed E-state index contributed by atoms with van der Waals surface area (Å²) in [5.41, 5.74) is 5.04. The molecule has 0 radical (unpaired) electrons. The highest BCUT2D eigenvalue weighted by molar-refractivity contribution is 6.37. The van der Waals surface area contributed by atoms with E-state index < -0.39 is 16.9 Å². The number of nitro groups is 1. The molecule has 1 aromatic carbocycles. The van der Waals surface area contributed by atoms with Crippen LogP contribution in [-0.4, -0.2) is 29.5 Å². The molecule has 0 heterocycles. The van der Waals surface area contributed by atoms with E-state index in [4.69, 9.17) is 33.7 Å². The van der Waals surface area contributed by atoms with E-state index in [1.54, 1.807) is 0 Å². The van der Waals surface area contributed by atoms with Crippen molar-refractivity contribution in [3.63, 3.8) is 0 Å². The molecular weight excluding hydrogens is 321 g/mol. The van der Waals surface area contributed by atoms with Gasteiger partial charge in [0.15, 0.2) is 5.75 Å². The standard InChI is InChI=1S/C12H13Cl2N3O4/c13-8-3-7(17(19)20)4-9(14)11(8)21-5-10(12(15)18)16-6-1-2-6/h3-4,6,10,16H,1-2,5H2,(H2,15,18). The van der Waals surface area contributed by atoms with Crippen LogP contribution in [0.2, 0.25) is 10.0 Å². The lowest BCUT2D eigenvalue weighted by molar-refractivity contribution is -0.384. The normalized spacial score (nSPS) is 15.5. The molecule has 2 rings (SSSR count). The summed E-state index contributed by atoms with van der Waals surface area (Å²) in [4.78, 5) is 21.4. The fraction of sp³-hybridized carbons (Fsp3) is 0.417. The monoisotopic (exact) mass is 333 g/mol. The fourth-order valence-corrected chi connectivity index (χ4v) is 2.29. The van der Waals surface area contributed by atoms with E-state index >= 15 is 0 Å². The number of nitrogens with zero attached hydrogens (tertiary/aromatic N) is 1. The molecule has 0 spiro atoms. The van der Waals surface area contributed by atoms with Gasteiger partial charge in [-0.3, -0.25) is 14.9 Å². The number of rotatable bonds is 7. The number of halogens is 2. The highest BCUT2D eigenvalue weighted by Gasteiger charge is 2.28. The van der Waals surface area contributed by atoms with Crippen molar-refractivity contribution >= 4 is 34.8 Å². The van der Waals surface area contributed by atoms with Gasteiger partial charge < -0.3 is 15.8 Å². The van der Waals surface area contributed by atoms with E-state index in [1.807, 2.05) is 0 Å². The van der Waals surface area contributed by atoms with Gasteiger partial charge in [-0.05, 0) is 12.8 Å². The van der Waals surface area contributed by atoms with E-state index in [2.05, 4.69) is 5.32 Å². The number of benzene rings is 1. The molecule has 1 unspecified atom stereocenters. The van der Waals surface area contributed by atoms with Crippen molar-refractivity contribution in [2.45, 2.75) is 24.9 Å². The van der Waals surface area contributed by atoms with Gasteiger partial charge in [-0.2, -0.15) is 0 Å². The van der Waals surface area contributed by atoms with Crippen molar-refractivity contribution in [1.82, 2.24) is 5.32 Å². The second-order valence-corrected chi connectivity index (χ2v) is 5.52. The zero-order valence-electron chi connectivity index (χ0n) is 10.8. The number of nitrogens with two attached hydrogens (primary N) is 1. The van der Waals surface area contributed by atoms with Crippen LogP contribution in [0, 0.1) is 10.1 Å². The predicted molar refractivity (Wildman–Crippen MR) is 77.8 cm³/mol. The molecule has 1 aliphatic carbocycles. The number of hydrogen-bond acceptors (Lipinski definition) is 5. The molecule has 0 aliphatic heterocycles. The molecule has 0 bridgehead atoms. The van der Waals surface area contributed by atoms with Crippen molar-refractivity contribution in [3.05, 3.63) is 32.3 Å². The lowest BCUT2D eigenvalue weighted by Gasteiger charge is -2.17. The Bertz CT molecular complexity index is 555. The van der Waals surface area contributed by atoms with Gasteiger partial charge in [0, 0.05) is 18.2 Å². The van der Waals surface area contributed by atoms with Crippen LogP contribution in [0.4, 0.5) is 5.69 Å². The number of carbonyl (C=O) groups excluding carboxylic acids is 1. The van der Waals surface area contributed by atoms with Gasteiger partial charge in [0.1, 0.15) is 12.6 Å². The molecule has 1 atom stereocenters. The third kappa shape index (κ3) is 4.20. The number of nitro benzene ring substituents is 1. The van der Waals surface area contributed by atoms with Crippen LogP contribution >= 0.6 is 23.2 Å². The molecule has 21 heavy (non-hydrogen) atoms. The largest absolute Gasteiger partial charge is 0.488 e. The zero-order chi connectivity index (χ0) is 15.6. The minimum atomic E-state index is -0.667. The lowest BCUT2D eigenvalue weighted by Crippen LogP contribution is -2.46. The average Bonchev–Trinajstić information content (AvgIpc) is 3.19. The topological polar surface area (TPSA) is 107 Å². The highest BCUT2D eigenvalue weighted by atomic mass is 35.5. The van der Waals surface area contributed by atoms with Gasteiger partial charge in [0.2, 0.25) is 5.91 Å². The van der Waals surface area contributed by atoms with E-state index in [1.165, 1.54) is 0 Å². The summed E-state index contributed by atoms with van der Waals surface area (Å²) >= 11 is 11.8. The first-order valence-electron chi connectivity index (χ1n) is 6.20. The first kappa shape index (κ1) is 15.8. The van der Waals surface area contributed by atoms with Crippen LogP contribution in [0.25, 0.3) is 0 Å². The minimum Gasteiger partial charge on any atom is -0.488 e. The van der Waals surface area contributed by atoms with Crippen LogP contribution in [0.3, 0.4) is 0 Å². The Morgan fingerprint density at radius 3 is 2.48 bits per heavy atom. The Labute approximate surface area is 130 Å². The molecule has 1 aliphatic rings. The van der Waals surface area contributed by atoms with Crippen LogP contribution < -0.4 is 15.8 Å². The molecule has 1 amide bonds. The smallest absolute Gasteiger partial charge is 0.272 e. The second-order valence-electron chi connectivity index (χ2n) is 4.70. The SMILES string of the molecule is NC(=O)C(COc1c(Cl)cc([N+](=O)[O-])cc1Cl)NC1CC1. The maximum absolute atomic E-state index is 11.3. The van der Waals surface area contributed by atoms with Crippen LogP contribution in [0.15, 0.2) is 12.1 Å². The Kier molecular flexibility index (Phi) is 4.87. The molecule has 1 fully saturated rings. The van der Waals surface area contributed by atoms with E-state index in [9.17, 15) is 14.9 Å². The first-order chi connectivity index (χ1) is 9.88. The highest BCUT2D eigenvalue weighted by Crippen LogP contribution is 2.36. The van der Waals surface area contributed by atoms with Crippen molar-refractivity contribution < 1.29 is 14.5 Å². The van der Waals surface area contributed by atoms with Crippen LogP contribution in [0.1, 0.15) is 12.8 Å². The molecular formula is C12H13Cl2N3O4. The number of hydrogen-bond donors (Lipinski definition) is 2. The Hall–Kier alpha value is -1.57. The number of primary amides is 1. The maximum atomic E-state index is 11.3. The average molecular weight is 334 g/mol. The van der Waals surface area contributed by atoms with Gasteiger partial charge in [0.05, 0.1) is 15.0 Å². The number of amides is 1. The quantitative estimate of drug-likeness (QED) is 0.585. The van der Waals surface area contributed by atoms with Gasteiger partial charge in [-0.15, -0.1) is 0 Å².